The van der Waals surface area contributed by atoms with Crippen molar-refractivity contribution in [2.24, 2.45) is 0 Å². The maximum absolute atomic E-state index is 13.3. The summed E-state index contributed by atoms with van der Waals surface area (Å²) in [7, 11) is 0. The number of aromatic nitrogens is 4. The number of carbonyl (C=O) groups excluding carboxylic acids is 1. The molecule has 0 radical (unpaired) electrons. The molecule has 8 nitrogen and oxygen atoms in total. The van der Waals surface area contributed by atoms with Crippen LogP contribution in [0.15, 0.2) is 61.1 Å². The third kappa shape index (κ3) is 5.33. The molecule has 0 saturated carbocycles. The zero-order valence-electron chi connectivity index (χ0n) is 17.8. The quantitative estimate of drug-likeness (QED) is 0.341. The van der Waals surface area contributed by atoms with E-state index in [0.29, 0.717) is 27.7 Å². The third-order valence-corrected chi connectivity index (χ3v) is 5.47. The lowest BCUT2D eigenvalue weighted by Crippen LogP contribution is -2.30. The summed E-state index contributed by atoms with van der Waals surface area (Å²) >= 11 is 12.1. The van der Waals surface area contributed by atoms with E-state index in [1.165, 1.54) is 35.3 Å². The van der Waals surface area contributed by atoms with E-state index in [0.717, 1.165) is 0 Å². The third-order valence-electron chi connectivity index (χ3n) is 4.92. The van der Waals surface area contributed by atoms with Gasteiger partial charge in [-0.3, -0.25) is 4.79 Å². The fourth-order valence-corrected chi connectivity index (χ4v) is 3.60. The highest BCUT2D eigenvalue weighted by atomic mass is 35.5. The molecule has 174 valence electrons. The Morgan fingerprint density at radius 2 is 2.03 bits per heavy atom. The number of anilines is 2. The number of nitrogens with zero attached hydrogens (tertiary/aromatic N) is 4. The van der Waals surface area contributed by atoms with Crippen LogP contribution in [-0.2, 0) is 0 Å². The van der Waals surface area contributed by atoms with Gasteiger partial charge < -0.3 is 15.7 Å². The first-order valence-corrected chi connectivity index (χ1v) is 10.9. The van der Waals surface area contributed by atoms with Crippen LogP contribution in [0.4, 0.5) is 16.0 Å². The van der Waals surface area contributed by atoms with Crippen molar-refractivity contribution in [3.63, 3.8) is 0 Å². The maximum Gasteiger partial charge on any atom is 0.255 e. The molecular weight excluding hydrogens is 482 g/mol. The van der Waals surface area contributed by atoms with Crippen LogP contribution in [0.5, 0.6) is 0 Å². The summed E-state index contributed by atoms with van der Waals surface area (Å²) in [5, 5.41) is 20.4. The largest absolute Gasteiger partial charge is 0.394 e. The van der Waals surface area contributed by atoms with Gasteiger partial charge in [-0.2, -0.15) is 10.1 Å². The Labute approximate surface area is 204 Å². The molecule has 3 N–H and O–H groups in total. The first-order valence-electron chi connectivity index (χ1n) is 10.1. The minimum absolute atomic E-state index is 0.182. The molecule has 0 fully saturated rings. The van der Waals surface area contributed by atoms with Gasteiger partial charge in [-0.05, 0) is 42.8 Å². The molecule has 0 aliphatic heterocycles. The van der Waals surface area contributed by atoms with E-state index in [1.54, 1.807) is 37.4 Å². The number of rotatable bonds is 7. The SMILES string of the molecule is Cc1cnc(Nc2ccc(F)cc2Cl)nc1-n1cc(C(=O)N[C@H](CO)c2cccc(Cl)c2)cn1. The second-order valence-corrected chi connectivity index (χ2v) is 8.23. The minimum Gasteiger partial charge on any atom is -0.394 e. The molecular formula is C23H19Cl2FN6O2. The summed E-state index contributed by atoms with van der Waals surface area (Å²) < 4.78 is 14.7. The van der Waals surface area contributed by atoms with Gasteiger partial charge >= 0.3 is 0 Å². The predicted molar refractivity (Wildman–Crippen MR) is 127 cm³/mol. The van der Waals surface area contributed by atoms with Crippen LogP contribution in [0.2, 0.25) is 10.0 Å². The van der Waals surface area contributed by atoms with Gasteiger partial charge in [0.25, 0.3) is 5.91 Å². The van der Waals surface area contributed by atoms with E-state index in [-0.39, 0.29) is 23.1 Å². The van der Waals surface area contributed by atoms with Crippen molar-refractivity contribution in [1.82, 2.24) is 25.1 Å². The molecule has 0 spiro atoms. The van der Waals surface area contributed by atoms with E-state index in [4.69, 9.17) is 23.2 Å². The van der Waals surface area contributed by atoms with Crippen LogP contribution in [0, 0.1) is 12.7 Å². The Bertz CT molecular complexity index is 1350. The summed E-state index contributed by atoms with van der Waals surface area (Å²) in [6.07, 6.45) is 4.50. The molecule has 0 bridgehead atoms. The summed E-state index contributed by atoms with van der Waals surface area (Å²) in [4.78, 5) is 21.4. The van der Waals surface area contributed by atoms with Crippen molar-refractivity contribution < 1.29 is 14.3 Å². The molecule has 11 heteroatoms. The standard InChI is InChI=1S/C23H19Cl2FN6O2/c1-13-9-27-23(30-19-6-5-17(26)8-18(19)25)31-21(13)32-11-15(10-28-32)22(34)29-20(12-33)14-3-2-4-16(24)7-14/h2-11,20,33H,12H2,1H3,(H,29,34)(H,27,30,31)/t20-/m1/s1. The van der Waals surface area contributed by atoms with Gasteiger partial charge in [0.15, 0.2) is 5.82 Å². The number of aryl methyl sites for hydroxylation is 1. The normalized spacial score (nSPS) is 11.8. The molecule has 0 aliphatic carbocycles. The fourth-order valence-electron chi connectivity index (χ4n) is 3.19. The Hall–Kier alpha value is -3.53. The van der Waals surface area contributed by atoms with Gasteiger partial charge in [-0.25, -0.2) is 14.1 Å². The van der Waals surface area contributed by atoms with Crippen molar-refractivity contribution in [2.75, 3.05) is 11.9 Å². The number of amides is 1. The van der Waals surface area contributed by atoms with Crippen LogP contribution in [-0.4, -0.2) is 37.4 Å². The predicted octanol–water partition coefficient (Wildman–Crippen LogP) is 4.62. The van der Waals surface area contributed by atoms with E-state index in [9.17, 15) is 14.3 Å². The average molecular weight is 501 g/mol. The highest BCUT2D eigenvalue weighted by Crippen LogP contribution is 2.25. The summed E-state index contributed by atoms with van der Waals surface area (Å²) in [5.74, 6) is -0.226. The first-order chi connectivity index (χ1) is 16.3. The number of nitrogens with one attached hydrogen (secondary N) is 2. The second kappa shape index (κ2) is 10.2. The van der Waals surface area contributed by atoms with Crippen LogP contribution < -0.4 is 10.6 Å². The zero-order valence-corrected chi connectivity index (χ0v) is 19.3. The van der Waals surface area contributed by atoms with E-state index in [1.807, 2.05) is 0 Å². The Morgan fingerprint density at radius 1 is 1.21 bits per heavy atom. The number of aliphatic hydroxyl groups is 1. The Balaban J connectivity index is 1.54. The van der Waals surface area contributed by atoms with Gasteiger partial charge in [0.2, 0.25) is 5.95 Å². The zero-order chi connectivity index (χ0) is 24.2. The molecule has 2 heterocycles. The maximum atomic E-state index is 13.3. The smallest absolute Gasteiger partial charge is 0.255 e. The molecule has 1 atom stereocenters. The van der Waals surface area contributed by atoms with Gasteiger partial charge in [0.1, 0.15) is 5.82 Å². The van der Waals surface area contributed by atoms with Crippen LogP contribution in [0.25, 0.3) is 5.82 Å². The summed E-state index contributed by atoms with van der Waals surface area (Å²) in [6.45, 7) is 1.50. The second-order valence-electron chi connectivity index (χ2n) is 7.39. The lowest BCUT2D eigenvalue weighted by atomic mass is 10.1. The lowest BCUT2D eigenvalue weighted by molar-refractivity contribution is 0.0916. The van der Waals surface area contributed by atoms with Gasteiger partial charge in [-0.1, -0.05) is 35.3 Å². The minimum atomic E-state index is -0.633. The van der Waals surface area contributed by atoms with Crippen LogP contribution >= 0.6 is 23.2 Å². The molecule has 2 aromatic heterocycles. The number of hydrogen-bond donors (Lipinski definition) is 3. The van der Waals surface area contributed by atoms with Crippen molar-refractivity contribution in [3.05, 3.63) is 93.6 Å². The highest BCUT2D eigenvalue weighted by Gasteiger charge is 2.18. The van der Waals surface area contributed by atoms with E-state index in [2.05, 4.69) is 25.7 Å². The molecule has 0 aliphatic rings. The monoisotopic (exact) mass is 500 g/mol. The molecule has 4 aromatic rings. The van der Waals surface area contributed by atoms with Crippen molar-refractivity contribution in [3.8, 4) is 5.82 Å². The number of carbonyl (C=O) groups is 1. The summed E-state index contributed by atoms with van der Waals surface area (Å²) in [6, 6.07) is 10.2. The number of halogens is 3. The van der Waals surface area contributed by atoms with Crippen molar-refractivity contribution >= 4 is 40.7 Å². The first kappa shape index (κ1) is 23.6. The number of benzene rings is 2. The molecule has 4 rings (SSSR count). The highest BCUT2D eigenvalue weighted by molar-refractivity contribution is 6.33. The average Bonchev–Trinajstić information content (AvgIpc) is 3.30. The van der Waals surface area contributed by atoms with E-state index >= 15 is 0 Å². The van der Waals surface area contributed by atoms with Gasteiger partial charge in [-0.15, -0.1) is 0 Å². The summed E-state index contributed by atoms with van der Waals surface area (Å²) in [5.41, 5.74) is 2.10. The van der Waals surface area contributed by atoms with Crippen LogP contribution in [0.1, 0.15) is 27.5 Å². The van der Waals surface area contributed by atoms with Crippen molar-refractivity contribution in [1.29, 1.82) is 0 Å². The van der Waals surface area contributed by atoms with Crippen molar-refractivity contribution in [2.45, 2.75) is 13.0 Å². The molecule has 34 heavy (non-hydrogen) atoms. The number of hydrogen-bond acceptors (Lipinski definition) is 6. The number of aliphatic hydroxyl groups excluding tert-OH is 1. The molecule has 2 aromatic carbocycles. The Morgan fingerprint density at radius 3 is 2.76 bits per heavy atom. The van der Waals surface area contributed by atoms with E-state index < -0.39 is 17.8 Å². The Kier molecular flexibility index (Phi) is 7.06. The van der Waals surface area contributed by atoms with Gasteiger partial charge in [0, 0.05) is 23.0 Å². The van der Waals surface area contributed by atoms with Crippen LogP contribution in [0.3, 0.4) is 0 Å². The fraction of sp³-hybridized carbons (Fsp3) is 0.130. The molecule has 0 saturated heterocycles. The topological polar surface area (TPSA) is 105 Å². The molecule has 1 amide bonds. The molecule has 0 unspecified atom stereocenters. The lowest BCUT2D eigenvalue weighted by Gasteiger charge is -2.16. The van der Waals surface area contributed by atoms with Gasteiger partial charge in [0.05, 0.1) is 35.1 Å².